The topological polar surface area (TPSA) is 35.8 Å². The Morgan fingerprint density at radius 2 is 2.67 bits per heavy atom. The number of likely N-dealkylation sites (N-methyl/N-ethyl adjacent to an activating group) is 1. The van der Waals surface area contributed by atoms with Gasteiger partial charge in [0.1, 0.15) is 0 Å². The summed E-state index contributed by atoms with van der Waals surface area (Å²) in [5.41, 5.74) is 0. The van der Waals surface area contributed by atoms with Crippen LogP contribution in [0, 0.1) is 0 Å². The van der Waals surface area contributed by atoms with Crippen molar-refractivity contribution in [3.05, 3.63) is 0 Å². The Balaban J connectivity index is 2.62. The number of rotatable bonds is 1. The average Bonchev–Trinajstić information content (AvgIpc) is 2.15. The standard InChI is InChI=1S/C5H8N2OS/c1-7-4(3-8)2-6-5(7)9/h2,4,8H,3H2,1H3. The van der Waals surface area contributed by atoms with Crippen molar-refractivity contribution in [3.63, 3.8) is 0 Å². The van der Waals surface area contributed by atoms with Crippen LogP contribution in [0.3, 0.4) is 0 Å². The first-order chi connectivity index (χ1) is 4.25. The summed E-state index contributed by atoms with van der Waals surface area (Å²) in [6.45, 7) is 0.0835. The van der Waals surface area contributed by atoms with Crippen LogP contribution in [0.15, 0.2) is 4.99 Å². The fraction of sp³-hybridized carbons (Fsp3) is 0.600. The summed E-state index contributed by atoms with van der Waals surface area (Å²) in [5, 5.41) is 9.21. The van der Waals surface area contributed by atoms with Crippen molar-refractivity contribution in [2.24, 2.45) is 4.99 Å². The number of aliphatic imine (C=N–C) groups is 1. The summed E-state index contributed by atoms with van der Waals surface area (Å²) in [6, 6.07) is -0.00231. The van der Waals surface area contributed by atoms with E-state index in [0.29, 0.717) is 5.11 Å². The molecular formula is C5H8N2OS. The lowest BCUT2D eigenvalue weighted by atomic mass is 10.3. The predicted molar refractivity (Wildman–Crippen MR) is 39.7 cm³/mol. The zero-order chi connectivity index (χ0) is 6.85. The normalized spacial score (nSPS) is 25.8. The largest absolute Gasteiger partial charge is 0.394 e. The molecular weight excluding hydrogens is 136 g/mol. The van der Waals surface area contributed by atoms with E-state index in [9.17, 15) is 0 Å². The predicted octanol–water partition coefficient (Wildman–Crippen LogP) is -0.352. The van der Waals surface area contributed by atoms with Gasteiger partial charge >= 0.3 is 0 Å². The summed E-state index contributed by atoms with van der Waals surface area (Å²) >= 11 is 4.80. The van der Waals surface area contributed by atoms with Gasteiger partial charge in [-0.3, -0.25) is 0 Å². The first-order valence-corrected chi connectivity index (χ1v) is 3.08. The quantitative estimate of drug-likeness (QED) is 0.511. The first kappa shape index (κ1) is 6.64. The molecule has 1 heterocycles. The molecule has 0 fully saturated rings. The molecule has 1 aliphatic rings. The molecule has 4 heteroatoms. The highest BCUT2D eigenvalue weighted by Gasteiger charge is 2.18. The van der Waals surface area contributed by atoms with Gasteiger partial charge in [-0.2, -0.15) is 0 Å². The summed E-state index contributed by atoms with van der Waals surface area (Å²) in [7, 11) is 1.82. The van der Waals surface area contributed by atoms with Gasteiger partial charge < -0.3 is 10.0 Å². The maximum absolute atomic E-state index is 8.66. The van der Waals surface area contributed by atoms with Gasteiger partial charge in [0, 0.05) is 13.3 Å². The Hall–Kier alpha value is -0.480. The second-order valence-electron chi connectivity index (χ2n) is 1.92. The fourth-order valence-corrected chi connectivity index (χ4v) is 0.849. The number of hydrogen-bond donors (Lipinski definition) is 1. The van der Waals surface area contributed by atoms with Crippen LogP contribution in [0.25, 0.3) is 0 Å². The highest BCUT2D eigenvalue weighted by molar-refractivity contribution is 7.80. The van der Waals surface area contributed by atoms with Crippen LogP contribution in [0.4, 0.5) is 0 Å². The van der Waals surface area contributed by atoms with Crippen LogP contribution in [0.2, 0.25) is 0 Å². The van der Waals surface area contributed by atoms with E-state index < -0.39 is 0 Å². The van der Waals surface area contributed by atoms with E-state index in [4.69, 9.17) is 17.3 Å². The zero-order valence-electron chi connectivity index (χ0n) is 5.11. The van der Waals surface area contributed by atoms with E-state index in [1.165, 1.54) is 0 Å². The van der Waals surface area contributed by atoms with E-state index in [-0.39, 0.29) is 12.6 Å². The van der Waals surface area contributed by atoms with Crippen LogP contribution in [0.5, 0.6) is 0 Å². The van der Waals surface area contributed by atoms with Gasteiger partial charge in [-0.25, -0.2) is 4.99 Å². The molecule has 50 valence electrons. The maximum Gasteiger partial charge on any atom is 0.195 e. The maximum atomic E-state index is 8.66. The lowest BCUT2D eigenvalue weighted by molar-refractivity contribution is 0.243. The molecule has 0 saturated heterocycles. The minimum absolute atomic E-state index is 0.00231. The number of nitrogens with zero attached hydrogens (tertiary/aromatic N) is 2. The molecule has 0 saturated carbocycles. The van der Waals surface area contributed by atoms with Crippen molar-refractivity contribution in [3.8, 4) is 0 Å². The SMILES string of the molecule is CN1C(=S)N=CC1CO. The Bertz CT molecular complexity index is 157. The van der Waals surface area contributed by atoms with Crippen LogP contribution in [-0.4, -0.2) is 41.0 Å². The number of hydrogen-bond acceptors (Lipinski definition) is 2. The molecule has 0 aromatic rings. The molecule has 0 aromatic heterocycles. The van der Waals surface area contributed by atoms with Gasteiger partial charge in [-0.15, -0.1) is 0 Å². The molecule has 0 radical (unpaired) electrons. The van der Waals surface area contributed by atoms with Gasteiger partial charge in [0.15, 0.2) is 5.11 Å². The van der Waals surface area contributed by atoms with Gasteiger partial charge in [-0.1, -0.05) is 0 Å². The number of thiocarbonyl (C=S) groups is 1. The third kappa shape index (κ3) is 1.09. The summed E-state index contributed by atoms with van der Waals surface area (Å²) in [4.78, 5) is 5.60. The van der Waals surface area contributed by atoms with Crippen molar-refractivity contribution >= 4 is 23.5 Å². The minimum Gasteiger partial charge on any atom is -0.394 e. The Morgan fingerprint density at radius 1 is 2.00 bits per heavy atom. The minimum atomic E-state index is -0.00231. The Morgan fingerprint density at radius 3 is 2.89 bits per heavy atom. The van der Waals surface area contributed by atoms with Crippen molar-refractivity contribution in [2.45, 2.75) is 6.04 Å². The van der Waals surface area contributed by atoms with E-state index >= 15 is 0 Å². The van der Waals surface area contributed by atoms with Crippen molar-refractivity contribution in [2.75, 3.05) is 13.7 Å². The Kier molecular flexibility index (Phi) is 1.78. The average molecular weight is 144 g/mol. The van der Waals surface area contributed by atoms with Crippen LogP contribution in [-0.2, 0) is 0 Å². The second kappa shape index (κ2) is 2.41. The van der Waals surface area contributed by atoms with Gasteiger partial charge in [0.25, 0.3) is 0 Å². The van der Waals surface area contributed by atoms with Crippen molar-refractivity contribution < 1.29 is 5.11 Å². The molecule has 9 heavy (non-hydrogen) atoms. The lowest BCUT2D eigenvalue weighted by Gasteiger charge is -2.15. The molecule has 1 rings (SSSR count). The highest BCUT2D eigenvalue weighted by atomic mass is 32.1. The third-order valence-corrected chi connectivity index (χ3v) is 1.74. The number of aliphatic hydroxyl groups excluding tert-OH is 1. The molecule has 0 spiro atoms. The first-order valence-electron chi connectivity index (χ1n) is 2.67. The van der Waals surface area contributed by atoms with E-state index in [1.807, 2.05) is 7.05 Å². The smallest absolute Gasteiger partial charge is 0.195 e. The molecule has 0 amide bonds. The van der Waals surface area contributed by atoms with Gasteiger partial charge in [0.2, 0.25) is 0 Å². The zero-order valence-corrected chi connectivity index (χ0v) is 5.93. The summed E-state index contributed by atoms with van der Waals surface area (Å²) in [6.07, 6.45) is 1.66. The third-order valence-electron chi connectivity index (χ3n) is 1.34. The Labute approximate surface area is 59.0 Å². The van der Waals surface area contributed by atoms with E-state index in [2.05, 4.69) is 4.99 Å². The van der Waals surface area contributed by atoms with Gasteiger partial charge in [-0.05, 0) is 12.2 Å². The monoisotopic (exact) mass is 144 g/mol. The molecule has 1 atom stereocenters. The van der Waals surface area contributed by atoms with Crippen LogP contribution < -0.4 is 0 Å². The molecule has 1 unspecified atom stereocenters. The summed E-state index contributed by atoms with van der Waals surface area (Å²) < 4.78 is 0. The summed E-state index contributed by atoms with van der Waals surface area (Å²) in [5.74, 6) is 0. The van der Waals surface area contributed by atoms with E-state index in [0.717, 1.165) is 0 Å². The van der Waals surface area contributed by atoms with Crippen molar-refractivity contribution in [1.29, 1.82) is 0 Å². The van der Waals surface area contributed by atoms with E-state index in [1.54, 1.807) is 11.1 Å². The second-order valence-corrected chi connectivity index (χ2v) is 2.29. The van der Waals surface area contributed by atoms with Crippen LogP contribution >= 0.6 is 12.2 Å². The molecule has 0 aromatic carbocycles. The fourth-order valence-electron chi connectivity index (χ4n) is 0.652. The van der Waals surface area contributed by atoms with Crippen molar-refractivity contribution in [1.82, 2.24) is 4.90 Å². The molecule has 0 bridgehead atoms. The molecule has 1 aliphatic heterocycles. The highest BCUT2D eigenvalue weighted by Crippen LogP contribution is 2.03. The lowest BCUT2D eigenvalue weighted by Crippen LogP contribution is -2.32. The molecule has 1 N–H and O–H groups in total. The molecule has 3 nitrogen and oxygen atoms in total. The number of aliphatic hydroxyl groups is 1. The molecule has 0 aliphatic carbocycles. The van der Waals surface area contributed by atoms with Gasteiger partial charge in [0.05, 0.1) is 12.6 Å². The van der Waals surface area contributed by atoms with Crippen LogP contribution in [0.1, 0.15) is 0 Å².